The Kier molecular flexibility index (Phi) is 6.40. The number of nitrogen functional groups attached to an aromatic ring is 1. The third-order valence-corrected chi connectivity index (χ3v) is 3.70. The largest absolute Gasteiger partial charge is 0.349 e. The molecule has 1 aromatic heterocycles. The van der Waals surface area contributed by atoms with Gasteiger partial charge in [-0.1, -0.05) is 0 Å². The summed E-state index contributed by atoms with van der Waals surface area (Å²) in [5, 5.41) is 2.82. The first-order chi connectivity index (χ1) is 8.93. The lowest BCUT2D eigenvalue weighted by Gasteiger charge is -2.14. The van der Waals surface area contributed by atoms with E-state index in [0.29, 0.717) is 28.0 Å². The number of pyridine rings is 1. The molecule has 0 bridgehead atoms. The molecule has 8 heteroatoms. The highest BCUT2D eigenvalue weighted by molar-refractivity contribution is 9.10. The van der Waals surface area contributed by atoms with Crippen molar-refractivity contribution in [1.82, 2.24) is 10.3 Å². The first kappa shape index (κ1) is 16.1. The lowest BCUT2D eigenvalue weighted by Crippen LogP contribution is -2.34. The van der Waals surface area contributed by atoms with Gasteiger partial charge in [0.2, 0.25) is 0 Å². The third-order valence-electron chi connectivity index (χ3n) is 2.45. The van der Waals surface area contributed by atoms with Crippen LogP contribution in [0.3, 0.4) is 0 Å². The normalized spacial score (nSPS) is 13.7. The van der Waals surface area contributed by atoms with Gasteiger partial charge in [0.25, 0.3) is 5.91 Å². The van der Waals surface area contributed by atoms with Gasteiger partial charge in [0, 0.05) is 39.5 Å². The van der Waals surface area contributed by atoms with Crippen LogP contribution in [0.5, 0.6) is 0 Å². The molecule has 0 aliphatic heterocycles. The van der Waals surface area contributed by atoms with Crippen LogP contribution in [-0.2, 0) is 10.8 Å². The summed E-state index contributed by atoms with van der Waals surface area (Å²) in [6.07, 6.45) is 3.85. The number of rotatable bonds is 6. The van der Waals surface area contributed by atoms with E-state index in [4.69, 9.17) is 5.84 Å². The Hall–Kier alpha value is -0.990. The standard InChI is InChI=1S/C11H17BrN4O2S/c1-7(3-4-19(2)18)15-11(17)9-5-8(12)6-14-10(9)16-13/h5-7H,3-4,13H2,1-2H3,(H,14,16)(H,15,17). The molecule has 106 valence electrons. The van der Waals surface area contributed by atoms with E-state index >= 15 is 0 Å². The molecule has 0 aliphatic carbocycles. The zero-order valence-corrected chi connectivity index (χ0v) is 13.2. The van der Waals surface area contributed by atoms with Gasteiger partial charge < -0.3 is 10.7 Å². The number of carbonyl (C=O) groups excluding carboxylic acids is 1. The van der Waals surface area contributed by atoms with Crippen LogP contribution in [0, 0.1) is 0 Å². The number of hydrogen-bond acceptors (Lipinski definition) is 5. The van der Waals surface area contributed by atoms with E-state index in [9.17, 15) is 9.00 Å². The average molecular weight is 349 g/mol. The number of aromatic nitrogens is 1. The third kappa shape index (κ3) is 5.25. The molecule has 1 aromatic rings. The second kappa shape index (κ2) is 7.56. The topological polar surface area (TPSA) is 97.1 Å². The molecule has 0 radical (unpaired) electrons. The summed E-state index contributed by atoms with van der Waals surface area (Å²) in [4.78, 5) is 16.1. The highest BCUT2D eigenvalue weighted by Crippen LogP contribution is 2.17. The number of amides is 1. The van der Waals surface area contributed by atoms with Crippen molar-refractivity contribution in [1.29, 1.82) is 0 Å². The number of carbonyl (C=O) groups is 1. The molecule has 4 N–H and O–H groups in total. The van der Waals surface area contributed by atoms with E-state index < -0.39 is 10.8 Å². The van der Waals surface area contributed by atoms with Crippen molar-refractivity contribution in [3.05, 3.63) is 22.3 Å². The van der Waals surface area contributed by atoms with E-state index in [2.05, 4.69) is 31.7 Å². The Morgan fingerprint density at radius 1 is 1.63 bits per heavy atom. The van der Waals surface area contributed by atoms with E-state index in [1.54, 1.807) is 18.5 Å². The summed E-state index contributed by atoms with van der Waals surface area (Å²) >= 11 is 3.26. The molecule has 19 heavy (non-hydrogen) atoms. The van der Waals surface area contributed by atoms with Crippen molar-refractivity contribution in [3.8, 4) is 0 Å². The molecule has 0 aliphatic rings. The summed E-state index contributed by atoms with van der Waals surface area (Å²) in [5.74, 6) is 5.92. The maximum absolute atomic E-state index is 12.1. The van der Waals surface area contributed by atoms with Crippen molar-refractivity contribution < 1.29 is 9.00 Å². The molecule has 1 rings (SSSR count). The van der Waals surface area contributed by atoms with Gasteiger partial charge in [0.05, 0.1) is 5.56 Å². The SMILES string of the molecule is CC(CCS(C)=O)NC(=O)c1cc(Br)cnc1NN. The van der Waals surface area contributed by atoms with E-state index in [1.165, 1.54) is 0 Å². The summed E-state index contributed by atoms with van der Waals surface area (Å²) in [5.41, 5.74) is 2.75. The van der Waals surface area contributed by atoms with Crippen molar-refractivity contribution in [2.45, 2.75) is 19.4 Å². The Balaban J connectivity index is 2.72. The fourth-order valence-corrected chi connectivity index (χ4v) is 2.46. The zero-order valence-electron chi connectivity index (χ0n) is 10.8. The maximum atomic E-state index is 12.1. The van der Waals surface area contributed by atoms with E-state index in [1.807, 2.05) is 6.92 Å². The maximum Gasteiger partial charge on any atom is 0.255 e. The number of hydrogen-bond donors (Lipinski definition) is 3. The monoisotopic (exact) mass is 348 g/mol. The second-order valence-corrected chi connectivity index (χ2v) is 6.60. The summed E-state index contributed by atoms with van der Waals surface area (Å²) in [6, 6.07) is 1.57. The van der Waals surface area contributed by atoms with Crippen LogP contribution in [0.25, 0.3) is 0 Å². The quantitative estimate of drug-likeness (QED) is 0.526. The molecular weight excluding hydrogens is 332 g/mol. The van der Waals surface area contributed by atoms with Crippen LogP contribution >= 0.6 is 15.9 Å². The molecule has 0 saturated carbocycles. The molecule has 6 nitrogen and oxygen atoms in total. The van der Waals surface area contributed by atoms with Gasteiger partial charge in [-0.25, -0.2) is 10.8 Å². The van der Waals surface area contributed by atoms with Crippen molar-refractivity contribution in [3.63, 3.8) is 0 Å². The van der Waals surface area contributed by atoms with E-state index in [-0.39, 0.29) is 11.9 Å². The molecule has 0 saturated heterocycles. The van der Waals surface area contributed by atoms with Gasteiger partial charge in [-0.15, -0.1) is 0 Å². The van der Waals surface area contributed by atoms with Crippen LogP contribution in [-0.4, -0.2) is 33.2 Å². The van der Waals surface area contributed by atoms with E-state index in [0.717, 1.165) is 0 Å². The minimum Gasteiger partial charge on any atom is -0.349 e. The molecule has 1 heterocycles. The fourth-order valence-electron chi connectivity index (χ4n) is 1.44. The predicted molar refractivity (Wildman–Crippen MR) is 80.2 cm³/mol. The lowest BCUT2D eigenvalue weighted by atomic mass is 10.2. The highest BCUT2D eigenvalue weighted by Gasteiger charge is 2.15. The number of hydrazine groups is 1. The zero-order chi connectivity index (χ0) is 14.4. The molecule has 1 amide bonds. The van der Waals surface area contributed by atoms with Crippen LogP contribution in [0.1, 0.15) is 23.7 Å². The first-order valence-electron chi connectivity index (χ1n) is 5.67. The Morgan fingerprint density at radius 3 is 2.89 bits per heavy atom. The van der Waals surface area contributed by atoms with Gasteiger partial charge in [-0.3, -0.25) is 9.00 Å². The van der Waals surface area contributed by atoms with Gasteiger partial charge >= 0.3 is 0 Å². The van der Waals surface area contributed by atoms with Crippen molar-refractivity contribution in [2.24, 2.45) is 5.84 Å². The summed E-state index contributed by atoms with van der Waals surface area (Å²) < 4.78 is 11.7. The van der Waals surface area contributed by atoms with Gasteiger partial charge in [0.15, 0.2) is 5.82 Å². The van der Waals surface area contributed by atoms with Crippen molar-refractivity contribution in [2.75, 3.05) is 17.4 Å². The highest BCUT2D eigenvalue weighted by atomic mass is 79.9. The fraction of sp³-hybridized carbons (Fsp3) is 0.455. The number of halogens is 1. The summed E-state index contributed by atoms with van der Waals surface area (Å²) in [6.45, 7) is 1.87. The molecule has 0 aromatic carbocycles. The van der Waals surface area contributed by atoms with Crippen LogP contribution < -0.4 is 16.6 Å². The van der Waals surface area contributed by atoms with Crippen molar-refractivity contribution >= 4 is 38.5 Å². The van der Waals surface area contributed by atoms with Crippen LogP contribution in [0.15, 0.2) is 16.7 Å². The lowest BCUT2D eigenvalue weighted by molar-refractivity contribution is 0.0940. The average Bonchev–Trinajstić information content (AvgIpc) is 2.36. The molecule has 0 spiro atoms. The molecule has 2 unspecified atom stereocenters. The van der Waals surface area contributed by atoms with Crippen LogP contribution in [0.4, 0.5) is 5.82 Å². The summed E-state index contributed by atoms with van der Waals surface area (Å²) in [7, 11) is -0.859. The van der Waals surface area contributed by atoms with Gasteiger partial charge in [-0.05, 0) is 35.3 Å². The molecule has 0 fully saturated rings. The number of anilines is 1. The Labute approximate surface area is 123 Å². The molecule has 2 atom stereocenters. The number of nitrogens with zero attached hydrogens (tertiary/aromatic N) is 1. The minimum atomic E-state index is -0.859. The molecular formula is C11H17BrN4O2S. The smallest absolute Gasteiger partial charge is 0.255 e. The Morgan fingerprint density at radius 2 is 2.32 bits per heavy atom. The van der Waals surface area contributed by atoms with Gasteiger partial charge in [0.1, 0.15) is 0 Å². The Bertz CT molecular complexity index is 484. The predicted octanol–water partition coefficient (Wildman–Crippen LogP) is 1.02. The van der Waals surface area contributed by atoms with Crippen LogP contribution in [0.2, 0.25) is 0 Å². The first-order valence-corrected chi connectivity index (χ1v) is 8.19. The number of nitrogens with two attached hydrogens (primary N) is 1. The minimum absolute atomic E-state index is 0.0685. The second-order valence-electron chi connectivity index (χ2n) is 4.13. The van der Waals surface area contributed by atoms with Gasteiger partial charge in [-0.2, -0.15) is 0 Å². The number of nitrogens with one attached hydrogen (secondary N) is 2.